The second-order valence-electron chi connectivity index (χ2n) is 6.49. The van der Waals surface area contributed by atoms with Crippen molar-refractivity contribution in [3.05, 3.63) is 28.7 Å². The summed E-state index contributed by atoms with van der Waals surface area (Å²) in [5, 5.41) is 8.09. The summed E-state index contributed by atoms with van der Waals surface area (Å²) >= 11 is 0. The Labute approximate surface area is 135 Å². The molecule has 0 radical (unpaired) electrons. The van der Waals surface area contributed by atoms with Crippen molar-refractivity contribution in [1.29, 1.82) is 0 Å². The summed E-state index contributed by atoms with van der Waals surface area (Å²) in [5.41, 5.74) is 1.88. The molecule has 0 aromatic carbocycles. The van der Waals surface area contributed by atoms with Crippen molar-refractivity contribution in [2.75, 3.05) is 19.7 Å². The van der Waals surface area contributed by atoms with E-state index >= 15 is 0 Å². The van der Waals surface area contributed by atoms with Crippen LogP contribution in [0.25, 0.3) is 0 Å². The lowest BCUT2D eigenvalue weighted by Crippen LogP contribution is -2.49. The van der Waals surface area contributed by atoms with Crippen LogP contribution in [0.2, 0.25) is 0 Å². The van der Waals surface area contributed by atoms with E-state index in [1.54, 1.807) is 0 Å². The molecule has 2 aromatic rings. The Kier molecular flexibility index (Phi) is 3.90. The summed E-state index contributed by atoms with van der Waals surface area (Å²) < 4.78 is 16.6. The van der Waals surface area contributed by atoms with Gasteiger partial charge in [0.05, 0.1) is 18.7 Å². The van der Waals surface area contributed by atoms with Crippen LogP contribution in [0.15, 0.2) is 9.05 Å². The minimum Gasteiger partial charge on any atom is -0.367 e. The van der Waals surface area contributed by atoms with Gasteiger partial charge in [-0.1, -0.05) is 16.7 Å². The van der Waals surface area contributed by atoms with E-state index in [0.717, 1.165) is 36.7 Å². The molecule has 0 bridgehead atoms. The zero-order valence-electron chi connectivity index (χ0n) is 13.6. The number of aromatic nitrogens is 3. The van der Waals surface area contributed by atoms with Gasteiger partial charge in [0.25, 0.3) is 0 Å². The predicted octanol–water partition coefficient (Wildman–Crippen LogP) is 2.19. The van der Waals surface area contributed by atoms with E-state index in [9.17, 15) is 0 Å². The first-order valence-electron chi connectivity index (χ1n) is 8.30. The third-order valence-electron chi connectivity index (χ3n) is 4.92. The molecule has 2 aromatic heterocycles. The SMILES string of the molecule is Cc1noc(C)c1Cc1nc([C@H]2CN3CCCC[C@H]3CO2)no1. The molecule has 7 heteroatoms. The summed E-state index contributed by atoms with van der Waals surface area (Å²) in [6.07, 6.45) is 4.27. The molecular formula is C16H22N4O3. The van der Waals surface area contributed by atoms with E-state index in [1.165, 1.54) is 19.3 Å². The first kappa shape index (κ1) is 14.8. The highest BCUT2D eigenvalue weighted by molar-refractivity contribution is 5.23. The van der Waals surface area contributed by atoms with Crippen LogP contribution in [0.5, 0.6) is 0 Å². The predicted molar refractivity (Wildman–Crippen MR) is 81.0 cm³/mol. The first-order chi connectivity index (χ1) is 11.2. The van der Waals surface area contributed by atoms with Crippen LogP contribution < -0.4 is 0 Å². The molecule has 0 spiro atoms. The van der Waals surface area contributed by atoms with Crippen molar-refractivity contribution in [3.63, 3.8) is 0 Å². The van der Waals surface area contributed by atoms with Gasteiger partial charge in [0.2, 0.25) is 11.7 Å². The maximum atomic E-state index is 5.97. The van der Waals surface area contributed by atoms with E-state index < -0.39 is 0 Å². The van der Waals surface area contributed by atoms with Gasteiger partial charge in [-0.15, -0.1) is 0 Å². The summed E-state index contributed by atoms with van der Waals surface area (Å²) in [7, 11) is 0. The van der Waals surface area contributed by atoms with Crippen molar-refractivity contribution >= 4 is 0 Å². The number of ether oxygens (including phenoxy) is 1. The van der Waals surface area contributed by atoms with Gasteiger partial charge in [-0.05, 0) is 33.2 Å². The molecule has 2 fully saturated rings. The Morgan fingerprint density at radius 3 is 2.91 bits per heavy atom. The zero-order valence-corrected chi connectivity index (χ0v) is 13.6. The topological polar surface area (TPSA) is 77.4 Å². The molecule has 0 saturated carbocycles. The van der Waals surface area contributed by atoms with Gasteiger partial charge < -0.3 is 13.8 Å². The lowest BCUT2D eigenvalue weighted by Gasteiger charge is -2.41. The van der Waals surface area contributed by atoms with Crippen molar-refractivity contribution in [3.8, 4) is 0 Å². The van der Waals surface area contributed by atoms with Gasteiger partial charge in [-0.3, -0.25) is 4.90 Å². The molecule has 2 saturated heterocycles. The van der Waals surface area contributed by atoms with Gasteiger partial charge in [-0.25, -0.2) is 0 Å². The summed E-state index contributed by atoms with van der Waals surface area (Å²) in [5.74, 6) is 2.03. The molecule has 0 unspecified atom stereocenters. The lowest BCUT2D eigenvalue weighted by molar-refractivity contribution is -0.0805. The normalized spacial score (nSPS) is 25.5. The molecular weight excluding hydrogens is 296 g/mol. The maximum absolute atomic E-state index is 5.97. The monoisotopic (exact) mass is 318 g/mol. The average Bonchev–Trinajstić information content (AvgIpc) is 3.17. The number of hydrogen-bond acceptors (Lipinski definition) is 7. The summed E-state index contributed by atoms with van der Waals surface area (Å²) in [4.78, 5) is 7.03. The van der Waals surface area contributed by atoms with Crippen molar-refractivity contribution in [2.45, 2.75) is 51.7 Å². The zero-order chi connectivity index (χ0) is 15.8. The van der Waals surface area contributed by atoms with E-state index in [0.29, 0.717) is 24.2 Å². The van der Waals surface area contributed by atoms with Crippen LogP contribution in [-0.2, 0) is 11.2 Å². The highest BCUT2D eigenvalue weighted by Crippen LogP contribution is 2.28. The molecule has 2 aliphatic heterocycles. The van der Waals surface area contributed by atoms with Crippen molar-refractivity contribution in [2.24, 2.45) is 0 Å². The lowest BCUT2D eigenvalue weighted by atomic mass is 10.0. The highest BCUT2D eigenvalue weighted by atomic mass is 16.5. The van der Waals surface area contributed by atoms with E-state index in [4.69, 9.17) is 13.8 Å². The number of hydrogen-bond donors (Lipinski definition) is 0. The van der Waals surface area contributed by atoms with Crippen LogP contribution >= 0.6 is 0 Å². The van der Waals surface area contributed by atoms with Gasteiger partial charge in [0.15, 0.2) is 0 Å². The quantitative estimate of drug-likeness (QED) is 0.858. The fourth-order valence-electron chi connectivity index (χ4n) is 3.51. The molecule has 0 amide bonds. The smallest absolute Gasteiger partial charge is 0.231 e. The standard InChI is InChI=1S/C16H22N4O3/c1-10-13(11(2)22-18-10)7-15-17-16(19-23-15)14-8-20-6-4-3-5-12(20)9-21-14/h12,14H,3-9H2,1-2H3/t12-,14+/m0/s1. The Morgan fingerprint density at radius 1 is 1.17 bits per heavy atom. The number of piperidine rings is 1. The molecule has 23 heavy (non-hydrogen) atoms. The number of nitrogens with zero attached hydrogens (tertiary/aromatic N) is 4. The van der Waals surface area contributed by atoms with E-state index in [-0.39, 0.29) is 6.10 Å². The number of fused-ring (bicyclic) bond motifs is 1. The minimum absolute atomic E-state index is 0.0912. The van der Waals surface area contributed by atoms with Crippen LogP contribution in [0.4, 0.5) is 0 Å². The molecule has 0 N–H and O–H groups in total. The number of rotatable bonds is 3. The molecule has 4 heterocycles. The summed E-state index contributed by atoms with van der Waals surface area (Å²) in [6, 6.07) is 0.564. The molecule has 7 nitrogen and oxygen atoms in total. The van der Waals surface area contributed by atoms with Crippen molar-refractivity contribution < 1.29 is 13.8 Å². The fourth-order valence-corrected chi connectivity index (χ4v) is 3.51. The average molecular weight is 318 g/mol. The van der Waals surface area contributed by atoms with E-state index in [1.807, 2.05) is 13.8 Å². The van der Waals surface area contributed by atoms with Gasteiger partial charge in [0, 0.05) is 18.2 Å². The highest BCUT2D eigenvalue weighted by Gasteiger charge is 2.33. The van der Waals surface area contributed by atoms with Crippen LogP contribution in [0.1, 0.15) is 54.1 Å². The second-order valence-corrected chi connectivity index (χ2v) is 6.49. The second kappa shape index (κ2) is 6.05. The number of morpholine rings is 1. The molecule has 2 atom stereocenters. The van der Waals surface area contributed by atoms with Gasteiger partial charge in [-0.2, -0.15) is 4.98 Å². The largest absolute Gasteiger partial charge is 0.367 e. The van der Waals surface area contributed by atoms with Crippen LogP contribution in [0.3, 0.4) is 0 Å². The van der Waals surface area contributed by atoms with Gasteiger partial charge in [0.1, 0.15) is 11.9 Å². The summed E-state index contributed by atoms with van der Waals surface area (Å²) in [6.45, 7) is 6.58. The minimum atomic E-state index is -0.0912. The first-order valence-corrected chi connectivity index (χ1v) is 8.30. The van der Waals surface area contributed by atoms with Crippen molar-refractivity contribution in [1.82, 2.24) is 20.2 Å². The Hall–Kier alpha value is -1.73. The van der Waals surface area contributed by atoms with E-state index in [2.05, 4.69) is 20.2 Å². The maximum Gasteiger partial charge on any atom is 0.231 e. The molecule has 4 rings (SSSR count). The molecule has 2 aliphatic rings. The third kappa shape index (κ3) is 2.90. The Morgan fingerprint density at radius 2 is 2.09 bits per heavy atom. The molecule has 124 valence electrons. The van der Waals surface area contributed by atoms with Crippen LogP contribution in [0, 0.1) is 13.8 Å². The fraction of sp³-hybridized carbons (Fsp3) is 0.688. The number of aryl methyl sites for hydroxylation is 2. The van der Waals surface area contributed by atoms with Gasteiger partial charge >= 0.3 is 0 Å². The Balaban J connectivity index is 1.45. The third-order valence-corrected chi connectivity index (χ3v) is 4.92. The molecule has 0 aliphatic carbocycles. The van der Waals surface area contributed by atoms with Crippen LogP contribution in [-0.4, -0.2) is 45.9 Å². The Bertz CT molecular complexity index is 661.